The van der Waals surface area contributed by atoms with Crippen LogP contribution in [0.2, 0.25) is 0 Å². The van der Waals surface area contributed by atoms with Crippen LogP contribution < -0.4 is 0 Å². The van der Waals surface area contributed by atoms with E-state index in [9.17, 15) is 0 Å². The molecule has 125 valence electrons. The van der Waals surface area contributed by atoms with Crippen LogP contribution in [-0.2, 0) is 13.9 Å². The van der Waals surface area contributed by atoms with Gasteiger partial charge in [0.2, 0.25) is 0 Å². The first-order valence-corrected chi connectivity index (χ1v) is 9.97. The van der Waals surface area contributed by atoms with Crippen LogP contribution in [0.15, 0.2) is 68.1 Å². The molecule has 0 aromatic heterocycles. The Hall–Kier alpha value is -1.04. The van der Waals surface area contributed by atoms with Crippen molar-refractivity contribution < 1.29 is 13.9 Å². The number of hydrogen-bond acceptors (Lipinski definition) is 0. The van der Waals surface area contributed by atoms with Gasteiger partial charge in [0.25, 0.3) is 0 Å². The molecule has 0 bridgehead atoms. The Morgan fingerprint density at radius 3 is 1.05 bits per heavy atom. The van der Waals surface area contributed by atoms with Crippen molar-refractivity contribution in [1.82, 2.24) is 0 Å². The van der Waals surface area contributed by atoms with Crippen LogP contribution in [-0.4, -0.2) is 0 Å². The van der Waals surface area contributed by atoms with E-state index in [4.69, 9.17) is 0 Å². The molecule has 0 radical (unpaired) electrons. The number of allylic oxidation sites excluding steroid dienone is 12. The molecule has 22 heavy (non-hydrogen) atoms. The fraction of sp³-hybridized carbons (Fsp3) is 0.429. The van der Waals surface area contributed by atoms with E-state index in [1.165, 1.54) is 0 Å². The average molecular weight is 341 g/mol. The molecule has 0 nitrogen and oxygen atoms in total. The van der Waals surface area contributed by atoms with E-state index in [2.05, 4.69) is 96.2 Å². The van der Waals surface area contributed by atoms with Gasteiger partial charge in [-0.25, -0.2) is 0 Å². The van der Waals surface area contributed by atoms with Crippen molar-refractivity contribution in [3.63, 3.8) is 0 Å². The third-order valence-corrected chi connectivity index (χ3v) is 6.92. The van der Waals surface area contributed by atoms with Gasteiger partial charge < -0.3 is 0 Å². The molecular weight excluding hydrogens is 308 g/mol. The Morgan fingerprint density at radius 2 is 0.864 bits per heavy atom. The monoisotopic (exact) mass is 341 g/mol. The second-order valence-electron chi connectivity index (χ2n) is 4.70. The van der Waals surface area contributed by atoms with Gasteiger partial charge in [-0.2, -0.15) is 0 Å². The summed E-state index contributed by atoms with van der Waals surface area (Å²) in [6.07, 6.45) is 23.3. The molecule has 0 aliphatic heterocycles. The van der Waals surface area contributed by atoms with Crippen molar-refractivity contribution in [2.75, 3.05) is 0 Å². The third-order valence-electron chi connectivity index (χ3n) is 3.06. The molecule has 0 spiro atoms. The molecular formula is C21H33Fe. The molecule has 0 saturated carbocycles. The van der Waals surface area contributed by atoms with Crippen molar-refractivity contribution >= 4 is 0 Å². The Balaban J connectivity index is 6.03. The maximum absolute atomic E-state index is 2.33. The summed E-state index contributed by atoms with van der Waals surface area (Å²) in [6, 6.07) is 0. The van der Waals surface area contributed by atoms with Crippen molar-refractivity contribution in [2.45, 2.75) is 60.8 Å². The van der Waals surface area contributed by atoms with Gasteiger partial charge in [-0.15, -0.1) is 0 Å². The van der Waals surface area contributed by atoms with Crippen molar-refractivity contribution in [1.29, 1.82) is 0 Å². The van der Waals surface area contributed by atoms with Gasteiger partial charge >= 0.3 is 143 Å². The van der Waals surface area contributed by atoms with E-state index in [1.807, 2.05) is 0 Å². The zero-order valence-electron chi connectivity index (χ0n) is 15.2. The van der Waals surface area contributed by atoms with Crippen molar-refractivity contribution in [3.8, 4) is 0 Å². The normalized spacial score (nSPS) is 15.5. The first-order valence-electron chi connectivity index (χ1n) is 8.31. The molecule has 0 aromatic rings. The van der Waals surface area contributed by atoms with Gasteiger partial charge in [-0.1, -0.05) is 0 Å². The second-order valence-corrected chi connectivity index (χ2v) is 7.65. The second kappa shape index (κ2) is 13.6. The van der Waals surface area contributed by atoms with E-state index in [-0.39, 0.29) is 0 Å². The summed E-state index contributed by atoms with van der Waals surface area (Å²) < 4.78 is 4.73. The van der Waals surface area contributed by atoms with Crippen LogP contribution in [0.25, 0.3) is 0 Å². The van der Waals surface area contributed by atoms with E-state index < -0.39 is 13.9 Å². The molecule has 0 aliphatic rings. The van der Waals surface area contributed by atoms with Gasteiger partial charge in [0.15, 0.2) is 0 Å². The Bertz CT molecular complexity index is 399. The topological polar surface area (TPSA) is 0 Å². The zero-order valence-corrected chi connectivity index (χ0v) is 16.3. The van der Waals surface area contributed by atoms with Crippen molar-refractivity contribution in [3.05, 3.63) is 68.1 Å². The zero-order chi connectivity index (χ0) is 16.8. The van der Waals surface area contributed by atoms with E-state index in [0.29, 0.717) is 0 Å². The van der Waals surface area contributed by atoms with Crippen LogP contribution >= 0.6 is 0 Å². The molecule has 0 N–H and O–H groups in total. The molecule has 0 saturated heterocycles. The summed E-state index contributed by atoms with van der Waals surface area (Å²) in [7, 11) is 0. The molecule has 0 unspecified atom stereocenters. The molecule has 0 rings (SSSR count). The molecule has 0 atom stereocenters. The maximum atomic E-state index is 2.33. The number of rotatable bonds is 9. The standard InChI is InChI=1S/3C7H11.Fe/c3*1-3-5-7-6-4-2;/h3*3,5,7H,4H2,1-2H3;. The SMILES string of the molecule is CC=CC=[C](CC)[Fe]([C](=CC=CC)CC)[C](=CC=CC)CC. The molecule has 0 fully saturated rings. The van der Waals surface area contributed by atoms with Crippen molar-refractivity contribution in [2.24, 2.45) is 0 Å². The summed E-state index contributed by atoms with van der Waals surface area (Å²) in [5, 5.41) is 0. The minimum atomic E-state index is -0.578. The predicted octanol–water partition coefficient (Wildman–Crippen LogP) is 7.21. The first kappa shape index (κ1) is 21.0. The molecule has 0 heterocycles. The molecule has 0 aromatic carbocycles. The van der Waals surface area contributed by atoms with Gasteiger partial charge in [0.1, 0.15) is 0 Å². The Kier molecular flexibility index (Phi) is 13.0. The summed E-state index contributed by atoms with van der Waals surface area (Å²) in [4.78, 5) is 0. The third kappa shape index (κ3) is 7.29. The first-order chi connectivity index (χ1) is 10.7. The Morgan fingerprint density at radius 1 is 0.591 bits per heavy atom. The molecule has 0 aliphatic carbocycles. The summed E-state index contributed by atoms with van der Waals surface area (Å²) in [5.41, 5.74) is 0. The summed E-state index contributed by atoms with van der Waals surface area (Å²) >= 11 is -0.578. The van der Waals surface area contributed by atoms with Gasteiger partial charge in [0.05, 0.1) is 0 Å². The van der Waals surface area contributed by atoms with Gasteiger partial charge in [-0.05, 0) is 0 Å². The van der Waals surface area contributed by atoms with Crippen LogP contribution in [0, 0.1) is 0 Å². The average Bonchev–Trinajstić information content (AvgIpc) is 2.55. The fourth-order valence-electron chi connectivity index (χ4n) is 1.94. The molecule has 1 heteroatoms. The van der Waals surface area contributed by atoms with Crippen LogP contribution in [0.4, 0.5) is 0 Å². The molecule has 0 amide bonds. The van der Waals surface area contributed by atoms with Gasteiger partial charge in [-0.3, -0.25) is 0 Å². The quantitative estimate of drug-likeness (QED) is 0.307. The summed E-state index contributed by atoms with van der Waals surface area (Å²) in [6.45, 7) is 13.1. The van der Waals surface area contributed by atoms with Crippen LogP contribution in [0.5, 0.6) is 0 Å². The number of hydrogen-bond donors (Lipinski definition) is 0. The van der Waals surface area contributed by atoms with E-state index in [1.54, 1.807) is 13.4 Å². The predicted molar refractivity (Wildman–Crippen MR) is 99.6 cm³/mol. The van der Waals surface area contributed by atoms with E-state index >= 15 is 0 Å². The minimum absolute atomic E-state index is 0.578. The fourth-order valence-corrected chi connectivity index (χ4v) is 5.35. The van der Waals surface area contributed by atoms with Crippen LogP contribution in [0.1, 0.15) is 60.8 Å². The summed E-state index contributed by atoms with van der Waals surface area (Å²) in [5.74, 6) is 0. The van der Waals surface area contributed by atoms with Crippen LogP contribution in [0.3, 0.4) is 0 Å². The van der Waals surface area contributed by atoms with Gasteiger partial charge in [0, 0.05) is 0 Å². The van der Waals surface area contributed by atoms with E-state index in [0.717, 1.165) is 19.3 Å². The Labute approximate surface area is 143 Å².